The lowest BCUT2D eigenvalue weighted by Crippen LogP contribution is -2.52. The molecule has 170 valence electrons. The minimum atomic E-state index is -1.14. The van der Waals surface area contributed by atoms with E-state index in [0.29, 0.717) is 11.3 Å². The highest BCUT2D eigenvalue weighted by Crippen LogP contribution is 2.46. The fourth-order valence-corrected chi connectivity index (χ4v) is 4.16. The van der Waals surface area contributed by atoms with Crippen LogP contribution in [0, 0.1) is 18.8 Å². The third-order valence-corrected chi connectivity index (χ3v) is 5.92. The number of carboxylic acids is 1. The maximum Gasteiger partial charge on any atom is 0.310 e. The number of ether oxygens (including phenoxy) is 1. The number of aliphatic carboxylic acids is 1. The molecule has 9 heteroatoms. The number of carbonyl (C=O) groups is 4. The summed E-state index contributed by atoms with van der Waals surface area (Å²) in [5.74, 6) is -4.66. The van der Waals surface area contributed by atoms with Crippen molar-refractivity contribution in [2.45, 2.75) is 25.6 Å². The van der Waals surface area contributed by atoms with Gasteiger partial charge in [0.1, 0.15) is 5.92 Å². The monoisotopic (exact) mass is 449 g/mol. The van der Waals surface area contributed by atoms with Gasteiger partial charge in [-0.25, -0.2) is 0 Å². The summed E-state index contributed by atoms with van der Waals surface area (Å²) >= 11 is 0. The number of amides is 3. The van der Waals surface area contributed by atoms with Crippen LogP contribution in [0.2, 0.25) is 0 Å². The summed E-state index contributed by atoms with van der Waals surface area (Å²) in [6.45, 7) is 3.57. The zero-order valence-corrected chi connectivity index (χ0v) is 18.0. The molecule has 2 aromatic rings. The molecule has 2 aliphatic rings. The van der Waals surface area contributed by atoms with E-state index in [4.69, 9.17) is 4.74 Å². The lowest BCUT2D eigenvalue weighted by atomic mass is 9.76. The van der Waals surface area contributed by atoms with Gasteiger partial charge in [0.05, 0.1) is 17.6 Å². The van der Waals surface area contributed by atoms with Crippen LogP contribution in [0.4, 0.5) is 5.69 Å². The van der Waals surface area contributed by atoms with Crippen molar-refractivity contribution in [2.75, 3.05) is 5.32 Å². The highest BCUT2D eigenvalue weighted by Gasteiger charge is 2.59. The fraction of sp³-hybridized carbons (Fsp3) is 0.250. The molecule has 2 bridgehead atoms. The van der Waals surface area contributed by atoms with E-state index in [-0.39, 0.29) is 11.5 Å². The number of hydrogen-bond donors (Lipinski definition) is 4. The first kappa shape index (κ1) is 22.2. The van der Waals surface area contributed by atoms with E-state index in [9.17, 15) is 24.3 Å². The van der Waals surface area contributed by atoms with Crippen LogP contribution in [-0.2, 0) is 14.3 Å². The molecule has 2 aliphatic heterocycles. The van der Waals surface area contributed by atoms with Crippen LogP contribution in [0.5, 0.6) is 0 Å². The number of anilines is 1. The number of nitrogens with one attached hydrogen (secondary N) is 3. The van der Waals surface area contributed by atoms with Gasteiger partial charge in [-0.3, -0.25) is 30.0 Å². The Balaban J connectivity index is 1.35. The zero-order valence-electron chi connectivity index (χ0n) is 18.0. The average Bonchev–Trinajstić information content (AvgIpc) is 3.32. The molecule has 2 heterocycles. The van der Waals surface area contributed by atoms with Crippen molar-refractivity contribution in [3.63, 3.8) is 0 Å². The molecule has 4 rings (SSSR count). The minimum Gasteiger partial charge on any atom is -0.481 e. The van der Waals surface area contributed by atoms with Gasteiger partial charge in [0.15, 0.2) is 0 Å². The number of carbonyl (C=O) groups excluding carboxylic acids is 3. The standard InChI is InChI=1S/C24H23N3O6/c1-13-3-5-14(6-4-13)20(28)25-16-9-7-15(8-10-16)21(29)26-27-22(30)19-18(23(31)32)17-11-12-24(19,2)33-17/h3-12,17-19H,1-2H3,(H,25,28)(H,26,29)(H,27,30)(H,31,32). The van der Waals surface area contributed by atoms with E-state index in [1.54, 1.807) is 43.3 Å². The van der Waals surface area contributed by atoms with E-state index in [0.717, 1.165) is 5.56 Å². The molecule has 9 nitrogen and oxygen atoms in total. The van der Waals surface area contributed by atoms with Crippen molar-refractivity contribution < 1.29 is 29.0 Å². The van der Waals surface area contributed by atoms with Crippen molar-refractivity contribution in [3.05, 3.63) is 77.4 Å². The molecular weight excluding hydrogens is 426 g/mol. The number of hydrogen-bond acceptors (Lipinski definition) is 5. The van der Waals surface area contributed by atoms with E-state index in [1.165, 1.54) is 12.1 Å². The zero-order chi connectivity index (χ0) is 23.8. The van der Waals surface area contributed by atoms with Gasteiger partial charge in [0, 0.05) is 16.8 Å². The molecule has 0 radical (unpaired) electrons. The normalized spacial score (nSPS) is 24.8. The Morgan fingerprint density at radius 3 is 2.15 bits per heavy atom. The number of carboxylic acid groups (broad SMARTS) is 1. The maximum atomic E-state index is 12.7. The van der Waals surface area contributed by atoms with Crippen LogP contribution in [0.1, 0.15) is 33.2 Å². The Morgan fingerprint density at radius 2 is 1.52 bits per heavy atom. The smallest absolute Gasteiger partial charge is 0.310 e. The second kappa shape index (κ2) is 8.51. The van der Waals surface area contributed by atoms with Crippen LogP contribution in [0.15, 0.2) is 60.7 Å². The number of benzene rings is 2. The highest BCUT2D eigenvalue weighted by molar-refractivity contribution is 6.04. The van der Waals surface area contributed by atoms with Crippen molar-refractivity contribution in [1.29, 1.82) is 0 Å². The summed E-state index contributed by atoms with van der Waals surface area (Å²) in [4.78, 5) is 49.0. The summed E-state index contributed by atoms with van der Waals surface area (Å²) in [6, 6.07) is 13.3. The van der Waals surface area contributed by atoms with E-state index in [2.05, 4.69) is 16.2 Å². The highest BCUT2D eigenvalue weighted by atomic mass is 16.5. The fourth-order valence-electron chi connectivity index (χ4n) is 4.16. The predicted molar refractivity (Wildman–Crippen MR) is 118 cm³/mol. The van der Waals surface area contributed by atoms with Crippen LogP contribution < -0.4 is 16.2 Å². The Morgan fingerprint density at radius 1 is 0.909 bits per heavy atom. The lowest BCUT2D eigenvalue weighted by molar-refractivity contribution is -0.147. The molecule has 0 aromatic heterocycles. The van der Waals surface area contributed by atoms with Crippen LogP contribution in [0.3, 0.4) is 0 Å². The van der Waals surface area contributed by atoms with Gasteiger partial charge >= 0.3 is 5.97 Å². The van der Waals surface area contributed by atoms with Gasteiger partial charge in [-0.15, -0.1) is 0 Å². The van der Waals surface area contributed by atoms with Gasteiger partial charge in [-0.2, -0.15) is 0 Å². The Kier molecular flexibility index (Phi) is 5.73. The Hall–Kier alpha value is -3.98. The molecule has 0 saturated carbocycles. The van der Waals surface area contributed by atoms with Crippen LogP contribution in [0.25, 0.3) is 0 Å². The van der Waals surface area contributed by atoms with Crippen molar-refractivity contribution in [1.82, 2.24) is 10.9 Å². The van der Waals surface area contributed by atoms with E-state index in [1.807, 2.05) is 19.1 Å². The van der Waals surface area contributed by atoms with Gasteiger partial charge in [0.2, 0.25) is 5.91 Å². The molecular formula is C24H23N3O6. The summed E-state index contributed by atoms with van der Waals surface area (Å²) < 4.78 is 5.64. The van der Waals surface area contributed by atoms with E-state index < -0.39 is 41.3 Å². The molecule has 0 aliphatic carbocycles. The van der Waals surface area contributed by atoms with Gasteiger partial charge in [0.25, 0.3) is 11.8 Å². The second-order valence-corrected chi connectivity index (χ2v) is 8.31. The predicted octanol–water partition coefficient (Wildman–Crippen LogP) is 2.05. The molecule has 2 aromatic carbocycles. The number of aryl methyl sites for hydroxylation is 1. The van der Waals surface area contributed by atoms with E-state index >= 15 is 0 Å². The first-order valence-electron chi connectivity index (χ1n) is 10.4. The number of hydrazine groups is 1. The van der Waals surface area contributed by atoms with Gasteiger partial charge in [-0.05, 0) is 50.2 Å². The average molecular weight is 449 g/mol. The molecule has 4 atom stereocenters. The molecule has 4 unspecified atom stereocenters. The molecule has 1 saturated heterocycles. The van der Waals surface area contributed by atoms with Crippen molar-refractivity contribution >= 4 is 29.4 Å². The van der Waals surface area contributed by atoms with Crippen LogP contribution in [-0.4, -0.2) is 40.5 Å². The summed E-state index contributed by atoms with van der Waals surface area (Å²) in [6.07, 6.45) is 2.63. The molecule has 0 spiro atoms. The first-order valence-corrected chi connectivity index (χ1v) is 10.4. The summed E-state index contributed by atoms with van der Waals surface area (Å²) in [5, 5.41) is 12.2. The van der Waals surface area contributed by atoms with Crippen molar-refractivity contribution in [2.24, 2.45) is 11.8 Å². The van der Waals surface area contributed by atoms with Gasteiger partial charge in [-0.1, -0.05) is 29.8 Å². The van der Waals surface area contributed by atoms with Crippen LogP contribution >= 0.6 is 0 Å². The van der Waals surface area contributed by atoms with Crippen molar-refractivity contribution in [3.8, 4) is 0 Å². The molecule has 1 fully saturated rings. The summed E-state index contributed by atoms with van der Waals surface area (Å²) in [7, 11) is 0. The third-order valence-electron chi connectivity index (χ3n) is 5.92. The largest absolute Gasteiger partial charge is 0.481 e. The van der Waals surface area contributed by atoms with Gasteiger partial charge < -0.3 is 15.2 Å². The molecule has 3 amide bonds. The molecule has 33 heavy (non-hydrogen) atoms. The quantitative estimate of drug-likeness (QED) is 0.408. The number of fused-ring (bicyclic) bond motifs is 2. The Labute approximate surface area is 189 Å². The number of rotatable bonds is 5. The third kappa shape index (κ3) is 4.35. The lowest BCUT2D eigenvalue weighted by Gasteiger charge is -2.27. The minimum absolute atomic E-state index is 0.244. The Bertz CT molecular complexity index is 1140. The topological polar surface area (TPSA) is 134 Å². The molecule has 4 N–H and O–H groups in total. The summed E-state index contributed by atoms with van der Waals surface area (Å²) in [5.41, 5.74) is 5.88. The maximum absolute atomic E-state index is 12.7. The SMILES string of the molecule is Cc1ccc(C(=O)Nc2ccc(C(=O)NNC(=O)C3C(C(=O)O)C4C=CC3(C)O4)cc2)cc1. The second-order valence-electron chi connectivity index (χ2n) is 8.31. The first-order chi connectivity index (χ1) is 15.7.